The summed E-state index contributed by atoms with van der Waals surface area (Å²) < 4.78 is 13.5. The molecule has 1 N–H and O–H groups in total. The van der Waals surface area contributed by atoms with Gasteiger partial charge in [0.1, 0.15) is 11.9 Å². The highest BCUT2D eigenvalue weighted by Gasteiger charge is 2.34. The number of nitrogens with zero attached hydrogens (tertiary/aromatic N) is 2. The van der Waals surface area contributed by atoms with Crippen LogP contribution < -0.4 is 5.32 Å². The van der Waals surface area contributed by atoms with Crippen LogP contribution in [0.5, 0.6) is 0 Å². The number of hydrogen-bond acceptors (Lipinski definition) is 3. The summed E-state index contributed by atoms with van der Waals surface area (Å²) in [5.41, 5.74) is 0.458. The van der Waals surface area contributed by atoms with Crippen LogP contribution >= 0.6 is 0 Å². The summed E-state index contributed by atoms with van der Waals surface area (Å²) in [6.45, 7) is 1.80. The summed E-state index contributed by atoms with van der Waals surface area (Å²) in [6, 6.07) is 4.94. The van der Waals surface area contributed by atoms with E-state index in [0.29, 0.717) is 38.2 Å². The van der Waals surface area contributed by atoms with Gasteiger partial charge in [0.2, 0.25) is 17.7 Å². The Morgan fingerprint density at radius 3 is 2.84 bits per heavy atom. The highest BCUT2D eigenvalue weighted by atomic mass is 19.1. The summed E-state index contributed by atoms with van der Waals surface area (Å²) in [5.74, 6) is -0.860. The quantitative estimate of drug-likeness (QED) is 0.891. The summed E-state index contributed by atoms with van der Waals surface area (Å²) in [5, 5.41) is 2.73. The van der Waals surface area contributed by atoms with Crippen LogP contribution in [0.15, 0.2) is 24.3 Å². The first kappa shape index (κ1) is 17.4. The number of halogens is 1. The van der Waals surface area contributed by atoms with Gasteiger partial charge in [0, 0.05) is 39.0 Å². The molecule has 134 valence electrons. The molecule has 25 heavy (non-hydrogen) atoms. The van der Waals surface area contributed by atoms with Crippen molar-refractivity contribution in [2.45, 2.75) is 31.7 Å². The average Bonchev–Trinajstić information content (AvgIpc) is 2.60. The molecule has 0 bridgehead atoms. The van der Waals surface area contributed by atoms with Gasteiger partial charge in [0.15, 0.2) is 0 Å². The van der Waals surface area contributed by atoms with E-state index in [1.807, 2.05) is 0 Å². The van der Waals surface area contributed by atoms with Crippen molar-refractivity contribution in [3.63, 3.8) is 0 Å². The number of rotatable bonds is 4. The van der Waals surface area contributed by atoms with Gasteiger partial charge in [-0.1, -0.05) is 12.1 Å². The lowest BCUT2D eigenvalue weighted by molar-refractivity contribution is -0.144. The number of piperazine rings is 1. The highest BCUT2D eigenvalue weighted by molar-refractivity contribution is 5.90. The second-order valence-corrected chi connectivity index (χ2v) is 6.42. The first-order valence-corrected chi connectivity index (χ1v) is 8.66. The summed E-state index contributed by atoms with van der Waals surface area (Å²) >= 11 is 0. The van der Waals surface area contributed by atoms with Crippen LogP contribution in [0.3, 0.4) is 0 Å². The van der Waals surface area contributed by atoms with E-state index < -0.39 is 11.9 Å². The molecule has 0 aromatic heterocycles. The lowest BCUT2D eigenvalue weighted by atomic mass is 10.0. The molecule has 0 unspecified atom stereocenters. The van der Waals surface area contributed by atoms with E-state index in [-0.39, 0.29) is 24.1 Å². The molecule has 2 saturated heterocycles. The van der Waals surface area contributed by atoms with E-state index in [9.17, 15) is 18.8 Å². The normalized spacial score (nSPS) is 21.2. The summed E-state index contributed by atoms with van der Waals surface area (Å²) in [7, 11) is 0. The molecule has 1 atom stereocenters. The monoisotopic (exact) mass is 347 g/mol. The molecule has 2 heterocycles. The molecular weight excluding hydrogens is 325 g/mol. The van der Waals surface area contributed by atoms with E-state index >= 15 is 0 Å². The van der Waals surface area contributed by atoms with Crippen molar-refractivity contribution in [2.75, 3.05) is 26.2 Å². The third-order valence-electron chi connectivity index (χ3n) is 4.71. The molecule has 1 aromatic carbocycles. The molecule has 0 spiro atoms. The Labute approximate surface area is 146 Å². The van der Waals surface area contributed by atoms with Crippen molar-refractivity contribution < 1.29 is 18.8 Å². The lowest BCUT2D eigenvalue weighted by Gasteiger charge is -2.36. The van der Waals surface area contributed by atoms with E-state index in [1.54, 1.807) is 11.0 Å². The van der Waals surface area contributed by atoms with Crippen molar-refractivity contribution >= 4 is 17.7 Å². The molecule has 3 rings (SSSR count). The minimum atomic E-state index is -0.825. The third kappa shape index (κ3) is 3.97. The van der Waals surface area contributed by atoms with Gasteiger partial charge in [-0.2, -0.15) is 0 Å². The maximum atomic E-state index is 13.5. The molecule has 1 aromatic rings. The number of carbonyl (C=O) groups excluding carboxylic acids is 3. The summed E-state index contributed by atoms with van der Waals surface area (Å²) in [6.07, 6.45) is 2.56. The zero-order valence-electron chi connectivity index (χ0n) is 14.0. The molecular formula is C18H22FN3O3. The SMILES string of the molecule is O=C1NCCN(C(=O)CCN2CCCCC2=O)[C@H]1c1cccc(F)c1. The third-order valence-corrected chi connectivity index (χ3v) is 4.71. The van der Waals surface area contributed by atoms with Gasteiger partial charge in [0.25, 0.3) is 0 Å². The number of carbonyl (C=O) groups is 3. The minimum Gasteiger partial charge on any atom is -0.352 e. The van der Waals surface area contributed by atoms with Crippen molar-refractivity contribution in [1.82, 2.24) is 15.1 Å². The fourth-order valence-corrected chi connectivity index (χ4v) is 3.42. The average molecular weight is 347 g/mol. The number of piperidine rings is 1. The predicted octanol–water partition coefficient (Wildman–Crippen LogP) is 1.23. The highest BCUT2D eigenvalue weighted by Crippen LogP contribution is 2.25. The predicted molar refractivity (Wildman–Crippen MR) is 88.9 cm³/mol. The second-order valence-electron chi connectivity index (χ2n) is 6.42. The molecule has 2 aliphatic rings. The molecule has 0 saturated carbocycles. The standard InChI is InChI=1S/C18H22FN3O3/c19-14-5-3-4-13(12-14)17-18(25)20-8-11-22(17)16(24)7-10-21-9-2-1-6-15(21)23/h3-5,12,17H,1-2,6-11H2,(H,20,25)/t17-/m0/s1. The lowest BCUT2D eigenvalue weighted by Crippen LogP contribution is -2.52. The molecule has 0 aliphatic carbocycles. The first-order chi connectivity index (χ1) is 12.1. The minimum absolute atomic E-state index is 0.0807. The number of likely N-dealkylation sites (tertiary alicyclic amines) is 1. The fraction of sp³-hybridized carbons (Fsp3) is 0.500. The van der Waals surface area contributed by atoms with Crippen LogP contribution in [-0.4, -0.2) is 53.7 Å². The second kappa shape index (κ2) is 7.63. The van der Waals surface area contributed by atoms with Crippen molar-refractivity contribution in [3.8, 4) is 0 Å². The number of benzene rings is 1. The van der Waals surface area contributed by atoms with E-state index in [2.05, 4.69) is 5.32 Å². The van der Waals surface area contributed by atoms with Gasteiger partial charge < -0.3 is 15.1 Å². The van der Waals surface area contributed by atoms with E-state index in [1.165, 1.54) is 23.1 Å². The van der Waals surface area contributed by atoms with Gasteiger partial charge in [-0.3, -0.25) is 14.4 Å². The van der Waals surface area contributed by atoms with Crippen LogP contribution in [0, 0.1) is 5.82 Å². The Bertz CT molecular complexity index is 679. The van der Waals surface area contributed by atoms with Gasteiger partial charge in [-0.05, 0) is 30.5 Å². The topological polar surface area (TPSA) is 69.7 Å². The maximum Gasteiger partial charge on any atom is 0.247 e. The zero-order valence-corrected chi connectivity index (χ0v) is 14.0. The number of amides is 3. The smallest absolute Gasteiger partial charge is 0.247 e. The Balaban J connectivity index is 1.70. The van der Waals surface area contributed by atoms with Crippen LogP contribution in [0.4, 0.5) is 4.39 Å². The Hall–Kier alpha value is -2.44. The zero-order chi connectivity index (χ0) is 17.8. The fourth-order valence-electron chi connectivity index (χ4n) is 3.42. The molecule has 7 heteroatoms. The first-order valence-electron chi connectivity index (χ1n) is 8.66. The molecule has 2 fully saturated rings. The molecule has 0 radical (unpaired) electrons. The Morgan fingerprint density at radius 2 is 2.08 bits per heavy atom. The molecule has 2 aliphatic heterocycles. The van der Waals surface area contributed by atoms with Gasteiger partial charge in [-0.25, -0.2) is 4.39 Å². The Morgan fingerprint density at radius 1 is 1.24 bits per heavy atom. The van der Waals surface area contributed by atoms with E-state index in [4.69, 9.17) is 0 Å². The number of nitrogens with one attached hydrogen (secondary N) is 1. The van der Waals surface area contributed by atoms with Gasteiger partial charge >= 0.3 is 0 Å². The maximum absolute atomic E-state index is 13.5. The van der Waals surface area contributed by atoms with Gasteiger partial charge in [-0.15, -0.1) is 0 Å². The van der Waals surface area contributed by atoms with E-state index in [0.717, 1.165) is 12.8 Å². The molecule has 6 nitrogen and oxygen atoms in total. The van der Waals surface area contributed by atoms with Crippen molar-refractivity contribution in [2.24, 2.45) is 0 Å². The van der Waals surface area contributed by atoms with Crippen molar-refractivity contribution in [3.05, 3.63) is 35.6 Å². The Kier molecular flexibility index (Phi) is 5.31. The summed E-state index contributed by atoms with van der Waals surface area (Å²) in [4.78, 5) is 40.0. The van der Waals surface area contributed by atoms with Gasteiger partial charge in [0.05, 0.1) is 0 Å². The number of hydrogen-bond donors (Lipinski definition) is 1. The van der Waals surface area contributed by atoms with Crippen LogP contribution in [0.25, 0.3) is 0 Å². The molecule has 3 amide bonds. The van der Waals surface area contributed by atoms with Crippen molar-refractivity contribution in [1.29, 1.82) is 0 Å². The van der Waals surface area contributed by atoms with Crippen LogP contribution in [0.1, 0.15) is 37.3 Å². The largest absolute Gasteiger partial charge is 0.352 e. The van der Waals surface area contributed by atoms with Crippen LogP contribution in [-0.2, 0) is 14.4 Å². The van der Waals surface area contributed by atoms with Crippen LogP contribution in [0.2, 0.25) is 0 Å².